The number of alkyl halides is 3. The van der Waals surface area contributed by atoms with E-state index in [0.29, 0.717) is 30.1 Å². The average Bonchev–Trinajstić information content (AvgIpc) is 3.37. The van der Waals surface area contributed by atoms with Crippen molar-refractivity contribution in [3.8, 4) is 0 Å². The van der Waals surface area contributed by atoms with E-state index in [0.717, 1.165) is 34.7 Å². The number of rotatable bonds is 6. The second kappa shape index (κ2) is 9.12. The van der Waals surface area contributed by atoms with Crippen molar-refractivity contribution in [2.24, 2.45) is 0 Å². The number of carbonyl (C=O) groups excluding carboxylic acids is 2. The van der Waals surface area contributed by atoms with E-state index in [1.165, 1.54) is 17.4 Å². The number of benzene rings is 2. The minimum Gasteiger partial charge on any atom is -0.312 e. The molecular formula is C23H20F3N3O2S. The van der Waals surface area contributed by atoms with Crippen LogP contribution in [-0.2, 0) is 28.6 Å². The van der Waals surface area contributed by atoms with Crippen LogP contribution >= 0.6 is 11.3 Å². The Labute approximate surface area is 186 Å². The van der Waals surface area contributed by atoms with Crippen LogP contribution in [0.5, 0.6) is 0 Å². The average molecular weight is 459 g/mol. The predicted octanol–water partition coefficient (Wildman–Crippen LogP) is 5.06. The van der Waals surface area contributed by atoms with E-state index in [1.54, 1.807) is 17.2 Å². The third-order valence-electron chi connectivity index (χ3n) is 5.12. The third kappa shape index (κ3) is 5.34. The zero-order valence-corrected chi connectivity index (χ0v) is 17.8. The first-order valence-corrected chi connectivity index (χ1v) is 10.9. The molecule has 0 unspecified atom stereocenters. The van der Waals surface area contributed by atoms with E-state index < -0.39 is 11.7 Å². The van der Waals surface area contributed by atoms with Gasteiger partial charge in [-0.05, 0) is 35.7 Å². The summed E-state index contributed by atoms with van der Waals surface area (Å²) in [6.07, 6.45) is -0.960. The van der Waals surface area contributed by atoms with Gasteiger partial charge in [0.1, 0.15) is 0 Å². The maximum atomic E-state index is 12.9. The molecule has 1 saturated heterocycles. The second-order valence-corrected chi connectivity index (χ2v) is 8.66. The van der Waals surface area contributed by atoms with Gasteiger partial charge in [-0.1, -0.05) is 30.3 Å². The van der Waals surface area contributed by atoms with Crippen molar-refractivity contribution >= 4 is 34.0 Å². The van der Waals surface area contributed by atoms with Gasteiger partial charge in [0.25, 0.3) is 0 Å². The second-order valence-electron chi connectivity index (χ2n) is 7.55. The van der Waals surface area contributed by atoms with Gasteiger partial charge < -0.3 is 10.2 Å². The van der Waals surface area contributed by atoms with Crippen molar-refractivity contribution < 1.29 is 22.8 Å². The van der Waals surface area contributed by atoms with Gasteiger partial charge in [0.05, 0.1) is 12.0 Å². The van der Waals surface area contributed by atoms with E-state index in [9.17, 15) is 22.8 Å². The quantitative estimate of drug-likeness (QED) is 0.561. The lowest BCUT2D eigenvalue weighted by Gasteiger charge is -2.15. The molecule has 0 radical (unpaired) electrons. The molecule has 0 aliphatic carbocycles. The molecule has 0 bridgehead atoms. The highest BCUT2D eigenvalue weighted by Gasteiger charge is 2.30. The highest BCUT2D eigenvalue weighted by Crippen LogP contribution is 2.30. The topological polar surface area (TPSA) is 62.3 Å². The smallest absolute Gasteiger partial charge is 0.312 e. The molecular weight excluding hydrogens is 439 g/mol. The normalized spacial score (nSPS) is 14.1. The Kier molecular flexibility index (Phi) is 6.27. The summed E-state index contributed by atoms with van der Waals surface area (Å²) in [5, 5.41) is 3.13. The van der Waals surface area contributed by atoms with Gasteiger partial charge in [-0.2, -0.15) is 13.2 Å². The van der Waals surface area contributed by atoms with E-state index in [2.05, 4.69) is 10.3 Å². The highest BCUT2D eigenvalue weighted by molar-refractivity contribution is 7.15. The number of amides is 2. The summed E-state index contributed by atoms with van der Waals surface area (Å²) >= 11 is 1.23. The number of nitrogens with zero attached hydrogens (tertiary/aromatic N) is 2. The number of anilines is 2. The molecule has 0 saturated carbocycles. The van der Waals surface area contributed by atoms with Gasteiger partial charge in [0.2, 0.25) is 11.8 Å². The van der Waals surface area contributed by atoms with E-state index in [1.807, 2.05) is 24.3 Å². The van der Waals surface area contributed by atoms with Gasteiger partial charge in [-0.15, -0.1) is 11.3 Å². The maximum Gasteiger partial charge on any atom is 0.416 e. The molecule has 1 N–H and O–H groups in total. The lowest BCUT2D eigenvalue weighted by Crippen LogP contribution is -2.23. The Bertz CT molecular complexity index is 1130. The number of thiazole rings is 1. The number of hydrogen-bond donors (Lipinski definition) is 1. The standard InChI is InChI=1S/C23H20F3N3O2S/c24-23(25,26)17-4-1-3-16(11-17)12-19-14-27-22(32-19)28-20(30)13-15-6-8-18(9-7-15)29-10-2-5-21(29)31/h1,3-4,6-9,11,14H,2,5,10,12-13H2,(H,27,28,30). The van der Waals surface area contributed by atoms with Crippen molar-refractivity contribution in [3.63, 3.8) is 0 Å². The van der Waals surface area contributed by atoms with Gasteiger partial charge in [-0.25, -0.2) is 4.98 Å². The lowest BCUT2D eigenvalue weighted by molar-refractivity contribution is -0.137. The van der Waals surface area contributed by atoms with Crippen LogP contribution in [0.1, 0.15) is 34.4 Å². The SMILES string of the molecule is O=C(Cc1ccc(N2CCCC2=O)cc1)Nc1ncc(Cc2cccc(C(F)(F)F)c2)s1. The van der Waals surface area contributed by atoms with Crippen LogP contribution in [0, 0.1) is 0 Å². The van der Waals surface area contributed by atoms with E-state index in [-0.39, 0.29) is 18.2 Å². The van der Waals surface area contributed by atoms with Crippen molar-refractivity contribution in [2.75, 3.05) is 16.8 Å². The minimum atomic E-state index is -4.38. The van der Waals surface area contributed by atoms with E-state index >= 15 is 0 Å². The lowest BCUT2D eigenvalue weighted by atomic mass is 10.1. The number of nitrogens with one attached hydrogen (secondary N) is 1. The fourth-order valence-corrected chi connectivity index (χ4v) is 4.43. The Morgan fingerprint density at radius 1 is 1.12 bits per heavy atom. The molecule has 4 rings (SSSR count). The molecule has 0 spiro atoms. The third-order valence-corrected chi connectivity index (χ3v) is 6.03. The summed E-state index contributed by atoms with van der Waals surface area (Å²) in [5.74, 6) is -0.129. The summed E-state index contributed by atoms with van der Waals surface area (Å²) in [4.78, 5) is 30.8. The molecule has 1 fully saturated rings. The molecule has 2 aromatic carbocycles. The molecule has 1 aliphatic heterocycles. The summed E-state index contributed by atoms with van der Waals surface area (Å²) in [6.45, 7) is 0.714. The van der Waals surface area contributed by atoms with Crippen LogP contribution in [0.15, 0.2) is 54.7 Å². The zero-order chi connectivity index (χ0) is 22.7. The summed E-state index contributed by atoms with van der Waals surface area (Å²) in [5.41, 5.74) is 1.47. The van der Waals surface area contributed by atoms with Gasteiger partial charge in [0, 0.05) is 36.1 Å². The zero-order valence-electron chi connectivity index (χ0n) is 17.0. The number of aromatic nitrogens is 1. The molecule has 32 heavy (non-hydrogen) atoms. The number of halogens is 3. The first kappa shape index (κ1) is 22.0. The molecule has 0 atom stereocenters. The maximum absolute atomic E-state index is 12.9. The molecule has 166 valence electrons. The molecule has 3 aromatic rings. The first-order valence-electron chi connectivity index (χ1n) is 10.1. The Morgan fingerprint density at radius 2 is 1.91 bits per heavy atom. The van der Waals surface area contributed by atoms with Crippen LogP contribution in [0.3, 0.4) is 0 Å². The van der Waals surface area contributed by atoms with Crippen molar-refractivity contribution in [1.82, 2.24) is 4.98 Å². The molecule has 5 nitrogen and oxygen atoms in total. The van der Waals surface area contributed by atoms with Crippen LogP contribution in [0.25, 0.3) is 0 Å². The summed E-state index contributed by atoms with van der Waals surface area (Å²) < 4.78 is 38.6. The number of hydrogen-bond acceptors (Lipinski definition) is 4. The van der Waals surface area contributed by atoms with Gasteiger partial charge in [0.15, 0.2) is 5.13 Å². The summed E-state index contributed by atoms with van der Waals surface area (Å²) in [7, 11) is 0. The largest absolute Gasteiger partial charge is 0.416 e. The van der Waals surface area contributed by atoms with Crippen LogP contribution in [0.4, 0.5) is 24.0 Å². The van der Waals surface area contributed by atoms with Gasteiger partial charge >= 0.3 is 6.18 Å². The van der Waals surface area contributed by atoms with Crippen LogP contribution < -0.4 is 10.2 Å². The minimum absolute atomic E-state index is 0.111. The monoisotopic (exact) mass is 459 g/mol. The van der Waals surface area contributed by atoms with Crippen molar-refractivity contribution in [3.05, 3.63) is 76.3 Å². The fourth-order valence-electron chi connectivity index (χ4n) is 3.57. The predicted molar refractivity (Wildman–Crippen MR) is 117 cm³/mol. The highest BCUT2D eigenvalue weighted by atomic mass is 32.1. The van der Waals surface area contributed by atoms with Crippen molar-refractivity contribution in [2.45, 2.75) is 31.9 Å². The molecule has 9 heteroatoms. The molecule has 1 aliphatic rings. The molecule has 1 aromatic heterocycles. The van der Waals surface area contributed by atoms with E-state index in [4.69, 9.17) is 0 Å². The Hall–Kier alpha value is -3.20. The van der Waals surface area contributed by atoms with Crippen LogP contribution in [-0.4, -0.2) is 23.3 Å². The Morgan fingerprint density at radius 3 is 2.59 bits per heavy atom. The Balaban J connectivity index is 1.33. The van der Waals surface area contributed by atoms with Crippen molar-refractivity contribution in [1.29, 1.82) is 0 Å². The molecule has 2 amide bonds. The van der Waals surface area contributed by atoms with Gasteiger partial charge in [-0.3, -0.25) is 9.59 Å². The summed E-state index contributed by atoms with van der Waals surface area (Å²) in [6, 6.07) is 12.5. The fraction of sp³-hybridized carbons (Fsp3) is 0.261. The number of carbonyl (C=O) groups is 2. The van der Waals surface area contributed by atoms with Crippen LogP contribution in [0.2, 0.25) is 0 Å². The first-order chi connectivity index (χ1) is 15.3. The molecule has 2 heterocycles.